The van der Waals surface area contributed by atoms with E-state index in [4.69, 9.17) is 15.2 Å². The molecule has 1 unspecified atom stereocenters. The lowest BCUT2D eigenvalue weighted by atomic mass is 10.1. The smallest absolute Gasteiger partial charge is 0.343 e. The van der Waals surface area contributed by atoms with Crippen LogP contribution in [0.3, 0.4) is 0 Å². The molecule has 134 valence electrons. The van der Waals surface area contributed by atoms with Crippen molar-refractivity contribution in [3.63, 3.8) is 0 Å². The highest BCUT2D eigenvalue weighted by atomic mass is 16.6. The van der Waals surface area contributed by atoms with Gasteiger partial charge in [0.1, 0.15) is 0 Å². The SMILES string of the molecule is NC1=C(OC(=O)c2ccccc2)C(OC(=O)c2ccccc2)[C@H](CO)C1. The monoisotopic (exact) mass is 353 g/mol. The zero-order valence-corrected chi connectivity index (χ0v) is 14.0. The van der Waals surface area contributed by atoms with Crippen molar-refractivity contribution < 1.29 is 24.2 Å². The molecule has 3 N–H and O–H groups in total. The number of nitrogens with two attached hydrogens (primary N) is 1. The van der Waals surface area contributed by atoms with E-state index in [1.807, 2.05) is 0 Å². The molecule has 0 saturated heterocycles. The van der Waals surface area contributed by atoms with E-state index in [1.165, 1.54) is 0 Å². The molecule has 0 aliphatic heterocycles. The lowest BCUT2D eigenvalue weighted by molar-refractivity contribution is 0.00295. The van der Waals surface area contributed by atoms with E-state index in [-0.39, 0.29) is 18.8 Å². The van der Waals surface area contributed by atoms with Crippen LogP contribution < -0.4 is 5.73 Å². The normalized spacial score (nSPS) is 19.3. The Morgan fingerprint density at radius 1 is 0.962 bits per heavy atom. The lowest BCUT2D eigenvalue weighted by Crippen LogP contribution is -2.29. The van der Waals surface area contributed by atoms with Crippen LogP contribution >= 0.6 is 0 Å². The molecule has 2 aromatic rings. The van der Waals surface area contributed by atoms with Crippen LogP contribution in [-0.4, -0.2) is 29.8 Å². The highest BCUT2D eigenvalue weighted by Crippen LogP contribution is 2.33. The number of rotatable bonds is 5. The minimum Gasteiger partial charge on any atom is -0.450 e. The third-order valence-electron chi connectivity index (χ3n) is 4.18. The molecule has 0 spiro atoms. The second kappa shape index (κ2) is 7.84. The van der Waals surface area contributed by atoms with Crippen LogP contribution in [0.5, 0.6) is 0 Å². The topological polar surface area (TPSA) is 98.9 Å². The Hall–Kier alpha value is -3.12. The van der Waals surface area contributed by atoms with Gasteiger partial charge < -0.3 is 20.3 Å². The predicted octanol–water partition coefficient (Wildman–Crippen LogP) is 2.25. The number of benzene rings is 2. The second-order valence-corrected chi connectivity index (χ2v) is 5.98. The Bertz CT molecular complexity index is 817. The average molecular weight is 353 g/mol. The fourth-order valence-corrected chi connectivity index (χ4v) is 2.81. The van der Waals surface area contributed by atoms with Crippen LogP contribution in [0.1, 0.15) is 27.1 Å². The molecule has 26 heavy (non-hydrogen) atoms. The summed E-state index contributed by atoms with van der Waals surface area (Å²) < 4.78 is 10.9. The first kappa shape index (κ1) is 17.7. The summed E-state index contributed by atoms with van der Waals surface area (Å²) in [5.74, 6) is -1.54. The molecule has 0 bridgehead atoms. The number of aliphatic hydroxyl groups is 1. The van der Waals surface area contributed by atoms with E-state index in [1.54, 1.807) is 60.7 Å². The molecule has 1 aliphatic rings. The van der Waals surface area contributed by atoms with E-state index in [2.05, 4.69) is 0 Å². The molecule has 6 nitrogen and oxygen atoms in total. The van der Waals surface area contributed by atoms with E-state index < -0.39 is 24.0 Å². The third-order valence-corrected chi connectivity index (χ3v) is 4.18. The van der Waals surface area contributed by atoms with Crippen molar-refractivity contribution in [1.82, 2.24) is 0 Å². The van der Waals surface area contributed by atoms with Crippen LogP contribution in [-0.2, 0) is 9.47 Å². The van der Waals surface area contributed by atoms with Crippen molar-refractivity contribution in [3.8, 4) is 0 Å². The zero-order valence-electron chi connectivity index (χ0n) is 14.0. The maximum absolute atomic E-state index is 12.4. The van der Waals surface area contributed by atoms with E-state index in [9.17, 15) is 14.7 Å². The van der Waals surface area contributed by atoms with Gasteiger partial charge in [0.15, 0.2) is 11.9 Å². The first-order valence-electron chi connectivity index (χ1n) is 8.22. The van der Waals surface area contributed by atoms with Gasteiger partial charge in [-0.25, -0.2) is 9.59 Å². The maximum atomic E-state index is 12.4. The molecule has 0 amide bonds. The number of allylic oxidation sites excluding steroid dienone is 1. The molecule has 1 aliphatic carbocycles. The molecule has 0 radical (unpaired) electrons. The Morgan fingerprint density at radius 3 is 2.04 bits per heavy atom. The Morgan fingerprint density at radius 2 is 1.50 bits per heavy atom. The molecule has 0 saturated carbocycles. The van der Waals surface area contributed by atoms with Gasteiger partial charge in [-0.15, -0.1) is 0 Å². The quantitative estimate of drug-likeness (QED) is 0.800. The van der Waals surface area contributed by atoms with Gasteiger partial charge in [-0.2, -0.15) is 0 Å². The summed E-state index contributed by atoms with van der Waals surface area (Å²) in [6.45, 7) is -0.250. The lowest BCUT2D eigenvalue weighted by Gasteiger charge is -2.21. The first-order valence-corrected chi connectivity index (χ1v) is 8.22. The van der Waals surface area contributed by atoms with Gasteiger partial charge in [-0.1, -0.05) is 36.4 Å². The van der Waals surface area contributed by atoms with Crippen LogP contribution in [0.25, 0.3) is 0 Å². The van der Waals surface area contributed by atoms with Crippen molar-refractivity contribution in [2.24, 2.45) is 11.7 Å². The highest BCUT2D eigenvalue weighted by Gasteiger charge is 2.39. The zero-order chi connectivity index (χ0) is 18.5. The van der Waals surface area contributed by atoms with Crippen molar-refractivity contribution in [1.29, 1.82) is 0 Å². The molecule has 2 atom stereocenters. The first-order chi connectivity index (χ1) is 12.6. The molecule has 3 rings (SSSR count). The predicted molar refractivity (Wildman–Crippen MR) is 93.9 cm³/mol. The molecule has 0 fully saturated rings. The largest absolute Gasteiger partial charge is 0.450 e. The van der Waals surface area contributed by atoms with Crippen LogP contribution in [0.15, 0.2) is 72.1 Å². The molecule has 0 aromatic heterocycles. The average Bonchev–Trinajstić information content (AvgIpc) is 2.98. The Balaban J connectivity index is 1.79. The second-order valence-electron chi connectivity index (χ2n) is 5.98. The summed E-state index contributed by atoms with van der Waals surface area (Å²) in [4.78, 5) is 24.7. The number of ether oxygens (including phenoxy) is 2. The fraction of sp³-hybridized carbons (Fsp3) is 0.200. The van der Waals surface area contributed by atoms with E-state index in [0.717, 1.165) is 0 Å². The van der Waals surface area contributed by atoms with Gasteiger partial charge in [0.25, 0.3) is 0 Å². The highest BCUT2D eigenvalue weighted by molar-refractivity contribution is 5.91. The number of aliphatic hydroxyl groups excluding tert-OH is 1. The van der Waals surface area contributed by atoms with Gasteiger partial charge in [0.2, 0.25) is 0 Å². The van der Waals surface area contributed by atoms with Crippen molar-refractivity contribution in [2.75, 3.05) is 6.61 Å². The van der Waals surface area contributed by atoms with E-state index >= 15 is 0 Å². The van der Waals surface area contributed by atoms with Crippen molar-refractivity contribution >= 4 is 11.9 Å². The van der Waals surface area contributed by atoms with Crippen LogP contribution in [0, 0.1) is 5.92 Å². The molecular weight excluding hydrogens is 334 g/mol. The van der Waals surface area contributed by atoms with Gasteiger partial charge in [0.05, 0.1) is 23.4 Å². The summed E-state index contributed by atoms with van der Waals surface area (Å²) in [5, 5.41) is 9.59. The minimum absolute atomic E-state index is 0.0854. The standard InChI is InChI=1S/C20H19NO5/c21-16-11-15(12-22)17(25-19(23)13-7-3-1-4-8-13)18(16)26-20(24)14-9-5-2-6-10-14/h1-10,15,17,22H,11-12,21H2/t15-,17?/m0/s1. The summed E-state index contributed by atoms with van der Waals surface area (Å²) >= 11 is 0. The summed E-state index contributed by atoms with van der Waals surface area (Å²) in [6.07, 6.45) is -0.638. The van der Waals surface area contributed by atoms with Crippen molar-refractivity contribution in [2.45, 2.75) is 12.5 Å². The molecular formula is C20H19NO5. The van der Waals surface area contributed by atoms with Crippen LogP contribution in [0.4, 0.5) is 0 Å². The number of hydrogen-bond acceptors (Lipinski definition) is 6. The van der Waals surface area contributed by atoms with Crippen LogP contribution in [0.2, 0.25) is 0 Å². The number of hydrogen-bond donors (Lipinski definition) is 2. The summed E-state index contributed by atoms with van der Waals surface area (Å²) in [5.41, 5.74) is 6.99. The van der Waals surface area contributed by atoms with E-state index in [0.29, 0.717) is 16.8 Å². The van der Waals surface area contributed by atoms with Gasteiger partial charge in [-0.3, -0.25) is 0 Å². The third kappa shape index (κ3) is 3.75. The Labute approximate surface area is 150 Å². The molecule has 2 aromatic carbocycles. The summed E-state index contributed by atoms with van der Waals surface area (Å²) in [7, 11) is 0. The summed E-state index contributed by atoms with van der Waals surface area (Å²) in [6, 6.07) is 16.9. The molecule has 6 heteroatoms. The van der Waals surface area contributed by atoms with Gasteiger partial charge >= 0.3 is 11.9 Å². The number of carbonyl (C=O) groups is 2. The minimum atomic E-state index is -0.916. The maximum Gasteiger partial charge on any atom is 0.343 e. The number of carbonyl (C=O) groups excluding carboxylic acids is 2. The molecule has 0 heterocycles. The number of esters is 2. The van der Waals surface area contributed by atoms with Gasteiger partial charge in [-0.05, 0) is 30.7 Å². The fourth-order valence-electron chi connectivity index (χ4n) is 2.81. The Kier molecular flexibility index (Phi) is 5.34. The van der Waals surface area contributed by atoms with Crippen molar-refractivity contribution in [3.05, 3.63) is 83.2 Å². The van der Waals surface area contributed by atoms with Gasteiger partial charge in [0, 0.05) is 5.92 Å².